The number of nitrogen functional groups attached to an aromatic ring is 1. The molecule has 5 N–H and O–H groups in total. The molecular formula is C7H8ClN3O2. The van der Waals surface area contributed by atoms with Crippen molar-refractivity contribution in [1.82, 2.24) is 4.98 Å². The maximum atomic E-state index is 10.5. The summed E-state index contributed by atoms with van der Waals surface area (Å²) in [6.07, 6.45) is 1.33. The van der Waals surface area contributed by atoms with Gasteiger partial charge in [-0.05, 0) is 6.07 Å². The van der Waals surface area contributed by atoms with Crippen LogP contribution >= 0.6 is 11.6 Å². The van der Waals surface area contributed by atoms with Crippen LogP contribution in [0.5, 0.6) is 0 Å². The van der Waals surface area contributed by atoms with E-state index in [9.17, 15) is 4.79 Å². The summed E-state index contributed by atoms with van der Waals surface area (Å²) in [5, 5.41) is 8.91. The van der Waals surface area contributed by atoms with Crippen molar-refractivity contribution in [1.29, 1.82) is 0 Å². The SMILES string of the molecule is Nc1ncc(Cl)cc1C(N)C(=O)O. The van der Waals surface area contributed by atoms with E-state index in [1.54, 1.807) is 0 Å². The second-order valence-electron chi connectivity index (χ2n) is 2.44. The molecule has 1 heterocycles. The topological polar surface area (TPSA) is 102 Å². The van der Waals surface area contributed by atoms with Crippen molar-refractivity contribution < 1.29 is 9.90 Å². The lowest BCUT2D eigenvalue weighted by Crippen LogP contribution is -2.22. The Labute approximate surface area is 79.3 Å². The molecule has 0 aromatic carbocycles. The van der Waals surface area contributed by atoms with Crippen molar-refractivity contribution in [2.24, 2.45) is 5.73 Å². The van der Waals surface area contributed by atoms with Gasteiger partial charge in [0.2, 0.25) is 0 Å². The third-order valence-electron chi connectivity index (χ3n) is 1.52. The normalized spacial score (nSPS) is 12.5. The number of hydrogen-bond donors (Lipinski definition) is 3. The molecule has 0 amide bonds. The van der Waals surface area contributed by atoms with Gasteiger partial charge in [-0.25, -0.2) is 4.98 Å². The fourth-order valence-corrected chi connectivity index (χ4v) is 1.01. The van der Waals surface area contributed by atoms with Gasteiger partial charge in [-0.3, -0.25) is 4.79 Å². The zero-order valence-corrected chi connectivity index (χ0v) is 7.32. The summed E-state index contributed by atoms with van der Waals surface area (Å²) in [7, 11) is 0. The van der Waals surface area contributed by atoms with Gasteiger partial charge in [-0.1, -0.05) is 11.6 Å². The lowest BCUT2D eigenvalue weighted by Gasteiger charge is -2.08. The summed E-state index contributed by atoms with van der Waals surface area (Å²) in [5.41, 5.74) is 11.0. The summed E-state index contributed by atoms with van der Waals surface area (Å²) in [6.45, 7) is 0. The monoisotopic (exact) mass is 201 g/mol. The Morgan fingerprint density at radius 3 is 2.85 bits per heavy atom. The van der Waals surface area contributed by atoms with Crippen LogP contribution in [0.15, 0.2) is 12.3 Å². The van der Waals surface area contributed by atoms with E-state index < -0.39 is 12.0 Å². The number of aliphatic carboxylic acids is 1. The minimum Gasteiger partial charge on any atom is -0.480 e. The van der Waals surface area contributed by atoms with Crippen LogP contribution < -0.4 is 11.5 Å². The van der Waals surface area contributed by atoms with Crippen molar-refractivity contribution in [3.63, 3.8) is 0 Å². The second-order valence-corrected chi connectivity index (χ2v) is 2.88. The van der Waals surface area contributed by atoms with Gasteiger partial charge >= 0.3 is 5.97 Å². The quantitative estimate of drug-likeness (QED) is 0.643. The Balaban J connectivity index is 3.12. The maximum absolute atomic E-state index is 10.5. The summed E-state index contributed by atoms with van der Waals surface area (Å²) in [5.74, 6) is -1.09. The van der Waals surface area contributed by atoms with Gasteiger partial charge in [0.05, 0.1) is 5.02 Å². The van der Waals surface area contributed by atoms with Crippen LogP contribution in [0.4, 0.5) is 5.82 Å². The largest absolute Gasteiger partial charge is 0.480 e. The molecule has 0 aliphatic heterocycles. The fraction of sp³-hybridized carbons (Fsp3) is 0.143. The van der Waals surface area contributed by atoms with Crippen LogP contribution in [0.3, 0.4) is 0 Å². The van der Waals surface area contributed by atoms with Crippen molar-refractivity contribution >= 4 is 23.4 Å². The minimum atomic E-state index is -1.19. The molecule has 1 aromatic heterocycles. The average molecular weight is 202 g/mol. The van der Waals surface area contributed by atoms with Crippen LogP contribution in [0.1, 0.15) is 11.6 Å². The minimum absolute atomic E-state index is 0.0827. The van der Waals surface area contributed by atoms with E-state index in [0.29, 0.717) is 5.02 Å². The molecule has 0 fully saturated rings. The Hall–Kier alpha value is -1.33. The number of hydrogen-bond acceptors (Lipinski definition) is 4. The average Bonchev–Trinajstić information content (AvgIpc) is 2.08. The summed E-state index contributed by atoms with van der Waals surface area (Å²) in [4.78, 5) is 14.2. The maximum Gasteiger partial charge on any atom is 0.325 e. The van der Waals surface area contributed by atoms with Gasteiger partial charge < -0.3 is 16.6 Å². The molecule has 13 heavy (non-hydrogen) atoms. The lowest BCUT2D eigenvalue weighted by molar-refractivity contribution is -0.138. The van der Waals surface area contributed by atoms with E-state index in [2.05, 4.69) is 4.98 Å². The zero-order valence-electron chi connectivity index (χ0n) is 6.57. The number of halogens is 1. The van der Waals surface area contributed by atoms with E-state index in [1.807, 2.05) is 0 Å². The molecule has 5 nitrogen and oxygen atoms in total. The fourth-order valence-electron chi connectivity index (χ4n) is 0.848. The van der Waals surface area contributed by atoms with E-state index in [1.165, 1.54) is 12.3 Å². The first-order valence-corrected chi connectivity index (χ1v) is 3.79. The van der Waals surface area contributed by atoms with Crippen molar-refractivity contribution in [3.8, 4) is 0 Å². The van der Waals surface area contributed by atoms with Gasteiger partial charge in [0.25, 0.3) is 0 Å². The molecule has 1 atom stereocenters. The smallest absolute Gasteiger partial charge is 0.325 e. The molecule has 0 radical (unpaired) electrons. The number of aromatic nitrogens is 1. The predicted octanol–water partition coefficient (Wildman–Crippen LogP) is 0.402. The molecular weight excluding hydrogens is 194 g/mol. The number of carboxylic acid groups (broad SMARTS) is 1. The number of rotatable bonds is 2. The number of anilines is 1. The van der Waals surface area contributed by atoms with Gasteiger partial charge in [0.15, 0.2) is 0 Å². The van der Waals surface area contributed by atoms with E-state index in [0.717, 1.165) is 0 Å². The third-order valence-corrected chi connectivity index (χ3v) is 1.72. The van der Waals surface area contributed by atoms with Crippen LogP contribution in [0.25, 0.3) is 0 Å². The van der Waals surface area contributed by atoms with Gasteiger partial charge in [0, 0.05) is 11.8 Å². The molecule has 6 heteroatoms. The third kappa shape index (κ3) is 2.07. The highest BCUT2D eigenvalue weighted by Gasteiger charge is 2.17. The highest BCUT2D eigenvalue weighted by molar-refractivity contribution is 6.30. The highest BCUT2D eigenvalue weighted by Crippen LogP contribution is 2.20. The Morgan fingerprint density at radius 1 is 1.69 bits per heavy atom. The summed E-state index contributed by atoms with van der Waals surface area (Å²) >= 11 is 5.60. The molecule has 1 rings (SSSR count). The Morgan fingerprint density at radius 2 is 2.31 bits per heavy atom. The van der Waals surface area contributed by atoms with Crippen LogP contribution in [-0.2, 0) is 4.79 Å². The van der Waals surface area contributed by atoms with E-state index in [4.69, 9.17) is 28.2 Å². The van der Waals surface area contributed by atoms with Crippen LogP contribution in [-0.4, -0.2) is 16.1 Å². The molecule has 0 saturated heterocycles. The van der Waals surface area contributed by atoms with Gasteiger partial charge in [0.1, 0.15) is 11.9 Å². The summed E-state index contributed by atoms with van der Waals surface area (Å²) < 4.78 is 0. The molecule has 70 valence electrons. The molecule has 0 spiro atoms. The Kier molecular flexibility index (Phi) is 2.69. The van der Waals surface area contributed by atoms with Crippen LogP contribution in [0.2, 0.25) is 5.02 Å². The first kappa shape index (κ1) is 9.76. The van der Waals surface area contributed by atoms with Crippen molar-refractivity contribution in [2.45, 2.75) is 6.04 Å². The number of pyridine rings is 1. The van der Waals surface area contributed by atoms with Crippen molar-refractivity contribution in [2.75, 3.05) is 5.73 Å². The standard InChI is InChI=1S/C7H8ClN3O2/c8-3-1-4(5(9)7(12)13)6(10)11-2-3/h1-2,5H,9H2,(H2,10,11)(H,12,13). The molecule has 1 aromatic rings. The Bertz CT molecular complexity index is 343. The number of carboxylic acids is 1. The van der Waals surface area contributed by atoms with E-state index >= 15 is 0 Å². The number of nitrogens with zero attached hydrogens (tertiary/aromatic N) is 1. The first-order valence-electron chi connectivity index (χ1n) is 3.41. The van der Waals surface area contributed by atoms with E-state index in [-0.39, 0.29) is 11.4 Å². The van der Waals surface area contributed by atoms with Gasteiger partial charge in [-0.15, -0.1) is 0 Å². The molecule has 0 aliphatic rings. The summed E-state index contributed by atoms with van der Waals surface area (Å²) in [6, 6.07) is 0.203. The molecule has 0 aliphatic carbocycles. The highest BCUT2D eigenvalue weighted by atomic mass is 35.5. The van der Waals surface area contributed by atoms with Crippen LogP contribution in [0, 0.1) is 0 Å². The molecule has 0 saturated carbocycles. The van der Waals surface area contributed by atoms with Crippen molar-refractivity contribution in [3.05, 3.63) is 22.8 Å². The molecule has 1 unspecified atom stereocenters. The zero-order chi connectivity index (χ0) is 10.0. The second kappa shape index (κ2) is 3.59. The van der Waals surface area contributed by atoms with Gasteiger partial charge in [-0.2, -0.15) is 0 Å². The predicted molar refractivity (Wildman–Crippen MR) is 48.2 cm³/mol. The number of carbonyl (C=O) groups is 1. The molecule has 0 bridgehead atoms. The lowest BCUT2D eigenvalue weighted by atomic mass is 10.1. The first-order chi connectivity index (χ1) is 6.02. The number of nitrogens with two attached hydrogens (primary N) is 2.